The molecule has 0 spiro atoms. The van der Waals surface area contributed by atoms with Crippen molar-refractivity contribution >= 4 is 44.2 Å². The zero-order valence-electron chi connectivity index (χ0n) is 14.0. The van der Waals surface area contributed by atoms with Crippen LogP contribution < -0.4 is 5.32 Å². The molecule has 6 heteroatoms. The summed E-state index contributed by atoms with van der Waals surface area (Å²) < 4.78 is 1.09. The molecule has 24 heavy (non-hydrogen) atoms. The number of carbonyl (C=O) groups is 1. The van der Waals surface area contributed by atoms with Crippen molar-refractivity contribution in [2.45, 2.75) is 33.1 Å². The minimum Gasteiger partial charge on any atom is -0.346 e. The number of pyridine rings is 1. The Kier molecular flexibility index (Phi) is 8.86. The van der Waals surface area contributed by atoms with E-state index in [2.05, 4.69) is 36.1 Å². The van der Waals surface area contributed by atoms with Crippen molar-refractivity contribution in [1.82, 2.24) is 9.97 Å². The standard InChI is InChI=1S/C16H16N3OS.C2H5.Np/c1-3-7-13-19-14-15(21-13)10-8-5-6-9-11(10)17-16(14)18-12(20)4-2;1-2;/h5-6,8-9H,2-4,7H2,1H3,(H,17,18,20);1H2,2H3;/q2*-1;. The molecule has 1 aromatic carbocycles. The summed E-state index contributed by atoms with van der Waals surface area (Å²) in [4.78, 5) is 20.9. The van der Waals surface area contributed by atoms with Crippen molar-refractivity contribution in [3.05, 3.63) is 43.1 Å². The van der Waals surface area contributed by atoms with Crippen LogP contribution in [0.5, 0.6) is 0 Å². The van der Waals surface area contributed by atoms with E-state index in [0.717, 1.165) is 39.0 Å². The predicted molar refractivity (Wildman–Crippen MR) is 98.6 cm³/mol. The Morgan fingerprint density at radius 2 is 1.96 bits per heavy atom. The van der Waals surface area contributed by atoms with Gasteiger partial charge in [-0.3, -0.25) is 4.79 Å². The number of para-hydroxylation sites is 1. The molecule has 2 aromatic heterocycles. The van der Waals surface area contributed by atoms with E-state index < -0.39 is 0 Å². The minimum absolute atomic E-state index is 0. The van der Waals surface area contributed by atoms with Gasteiger partial charge in [-0.15, -0.1) is 17.8 Å². The van der Waals surface area contributed by atoms with Crippen LogP contribution in [0, 0.1) is 43.8 Å². The topological polar surface area (TPSA) is 54.9 Å². The van der Waals surface area contributed by atoms with Crippen molar-refractivity contribution < 1.29 is 34.7 Å². The van der Waals surface area contributed by atoms with Gasteiger partial charge in [-0.1, -0.05) is 25.1 Å². The molecule has 4 nitrogen and oxygen atoms in total. The first kappa shape index (κ1) is 21.0. The molecule has 0 unspecified atom stereocenters. The zero-order valence-corrected chi connectivity index (χ0v) is 18.5. The van der Waals surface area contributed by atoms with Crippen molar-refractivity contribution in [2.24, 2.45) is 0 Å². The molecule has 1 N–H and O–H groups in total. The van der Waals surface area contributed by atoms with Gasteiger partial charge in [-0.25, -0.2) is 9.97 Å². The van der Waals surface area contributed by atoms with Crippen molar-refractivity contribution in [2.75, 3.05) is 5.32 Å². The molecule has 1 radical (unpaired) electrons. The Morgan fingerprint density at radius 1 is 1.25 bits per heavy atom. The third-order valence-electron chi connectivity index (χ3n) is 3.23. The maximum Gasteiger partial charge on any atom is 0.195 e. The summed E-state index contributed by atoms with van der Waals surface area (Å²) in [6, 6.07) is 7.94. The van der Waals surface area contributed by atoms with Crippen LogP contribution in [0.2, 0.25) is 0 Å². The molecule has 0 fully saturated rings. The number of aryl methyl sites for hydroxylation is 1. The number of amides is 1. The average molecular weight is 564 g/mol. The van der Waals surface area contributed by atoms with Gasteiger partial charge in [0.05, 0.1) is 15.2 Å². The van der Waals surface area contributed by atoms with Crippen LogP contribution in [0.4, 0.5) is 5.82 Å². The number of benzene rings is 1. The Hall–Kier alpha value is -0.997. The van der Waals surface area contributed by atoms with Crippen molar-refractivity contribution in [1.29, 1.82) is 0 Å². The van der Waals surface area contributed by atoms with Crippen LogP contribution in [0.3, 0.4) is 0 Å². The molecule has 0 saturated heterocycles. The van der Waals surface area contributed by atoms with E-state index in [0.29, 0.717) is 5.82 Å². The maximum atomic E-state index is 11.7. The summed E-state index contributed by atoms with van der Waals surface area (Å²) in [5.74, 6) is 0.389. The molecule has 0 bridgehead atoms. The second-order valence-electron chi connectivity index (χ2n) is 4.81. The third kappa shape index (κ3) is 4.54. The number of hydrogen-bond acceptors (Lipinski definition) is 4. The van der Waals surface area contributed by atoms with Gasteiger partial charge in [0.15, 0.2) is 11.7 Å². The molecule has 3 rings (SSSR count). The number of rotatable bonds is 4. The summed E-state index contributed by atoms with van der Waals surface area (Å²) in [7, 11) is 0. The molecular formula is C18H21N3NpOS-2. The first-order valence-corrected chi connectivity index (χ1v) is 8.52. The van der Waals surface area contributed by atoms with Crippen LogP contribution >= 0.6 is 11.3 Å². The van der Waals surface area contributed by atoms with Crippen molar-refractivity contribution in [3.8, 4) is 0 Å². The van der Waals surface area contributed by atoms with E-state index in [1.54, 1.807) is 18.3 Å². The Bertz CT molecular complexity index is 816. The summed E-state index contributed by atoms with van der Waals surface area (Å²) >= 11 is 1.68. The van der Waals surface area contributed by atoms with E-state index in [-0.39, 0.29) is 42.3 Å². The second-order valence-corrected chi connectivity index (χ2v) is 5.89. The molecule has 0 aliphatic carbocycles. The average Bonchev–Trinajstić information content (AvgIpc) is 3.01. The van der Waals surface area contributed by atoms with Gasteiger partial charge in [0, 0.05) is 35.3 Å². The molecule has 127 valence electrons. The Morgan fingerprint density at radius 3 is 2.62 bits per heavy atom. The number of thiazole rings is 1. The summed E-state index contributed by atoms with van der Waals surface area (Å²) in [5, 5.41) is 4.98. The fraction of sp³-hybridized carbons (Fsp3) is 0.278. The van der Waals surface area contributed by atoms with Crippen LogP contribution in [0.15, 0.2) is 24.3 Å². The largest absolute Gasteiger partial charge is 0.346 e. The van der Waals surface area contributed by atoms with Gasteiger partial charge in [-0.05, 0) is 18.9 Å². The molecule has 1 amide bonds. The van der Waals surface area contributed by atoms with Crippen LogP contribution in [0.25, 0.3) is 21.1 Å². The number of nitrogens with zero attached hydrogens (tertiary/aromatic N) is 2. The number of hydrogen-bond donors (Lipinski definition) is 1. The predicted octanol–water partition coefficient (Wildman–Crippen LogP) is 4.80. The van der Waals surface area contributed by atoms with Gasteiger partial charge < -0.3 is 19.2 Å². The molecule has 2 heterocycles. The SMILES string of the molecule is [CH2-]C.[CH2-]CC(=O)Nc1nc2ccccc2c2sc(CCC)nc12.[Np]. The van der Waals surface area contributed by atoms with E-state index >= 15 is 0 Å². The van der Waals surface area contributed by atoms with Gasteiger partial charge >= 0.3 is 0 Å². The zero-order chi connectivity index (χ0) is 16.8. The third-order valence-corrected chi connectivity index (χ3v) is 4.37. The second kappa shape index (κ2) is 10.1. The van der Waals surface area contributed by atoms with E-state index in [9.17, 15) is 4.79 Å². The van der Waals surface area contributed by atoms with E-state index in [4.69, 9.17) is 0 Å². The normalized spacial score (nSPS) is 10.0. The van der Waals surface area contributed by atoms with Gasteiger partial charge in [0.2, 0.25) is 0 Å². The van der Waals surface area contributed by atoms with E-state index in [1.807, 2.05) is 24.3 Å². The quantitative estimate of drug-likeness (QED) is 0.464. The number of carbonyl (C=O) groups excluding carboxylic acids is 1. The van der Waals surface area contributed by atoms with Crippen molar-refractivity contribution in [3.63, 3.8) is 0 Å². The number of fused-ring (bicyclic) bond motifs is 3. The van der Waals surface area contributed by atoms with Gasteiger partial charge in [-0.2, -0.15) is 6.92 Å². The molecule has 0 aliphatic rings. The maximum absolute atomic E-state index is 11.7. The van der Waals surface area contributed by atoms with E-state index in [1.165, 1.54) is 0 Å². The van der Waals surface area contributed by atoms with Gasteiger partial charge in [0.1, 0.15) is 5.52 Å². The first-order chi connectivity index (χ1) is 11.2. The number of anilines is 1. The van der Waals surface area contributed by atoms with Crippen LogP contribution in [0.1, 0.15) is 31.7 Å². The molecule has 0 atom stereocenters. The smallest absolute Gasteiger partial charge is 0.195 e. The number of aromatic nitrogens is 2. The minimum atomic E-state index is -0.149. The van der Waals surface area contributed by atoms with Gasteiger partial charge in [0.25, 0.3) is 0 Å². The summed E-state index contributed by atoms with van der Waals surface area (Å²) in [6.07, 6.45) is 2.17. The summed E-state index contributed by atoms with van der Waals surface area (Å²) in [5.41, 5.74) is 1.65. The monoisotopic (exact) mass is 563 g/mol. The Labute approximate surface area is 169 Å². The van der Waals surface area contributed by atoms with Crippen LogP contribution in [-0.4, -0.2) is 15.9 Å². The molecule has 0 saturated carbocycles. The van der Waals surface area contributed by atoms with Crippen LogP contribution in [-0.2, 0) is 11.2 Å². The molecular weight excluding hydrogens is 543 g/mol. The Balaban J connectivity index is 0.000000925. The summed E-state index contributed by atoms with van der Waals surface area (Å²) in [6.45, 7) is 10.7. The fourth-order valence-electron chi connectivity index (χ4n) is 2.25. The fourth-order valence-corrected chi connectivity index (χ4v) is 3.45. The number of nitrogens with one attached hydrogen (secondary N) is 1. The first-order valence-electron chi connectivity index (χ1n) is 7.71. The molecule has 3 aromatic rings. The molecule has 0 aliphatic heterocycles.